The van der Waals surface area contributed by atoms with Gasteiger partial charge < -0.3 is 10.5 Å². The first-order valence-electron chi connectivity index (χ1n) is 6.33. The highest BCUT2D eigenvalue weighted by Crippen LogP contribution is 2.16. The van der Waals surface area contributed by atoms with Crippen molar-refractivity contribution in [2.24, 2.45) is 5.73 Å². The minimum absolute atomic E-state index is 0. The maximum Gasteiger partial charge on any atom is 0.0678 e. The van der Waals surface area contributed by atoms with E-state index in [4.69, 9.17) is 10.5 Å². The van der Waals surface area contributed by atoms with Crippen LogP contribution in [0.15, 0.2) is 24.3 Å². The summed E-state index contributed by atoms with van der Waals surface area (Å²) in [7, 11) is 0. The maximum atomic E-state index is 5.77. The Bertz CT molecular complexity index is 366. The van der Waals surface area contributed by atoms with Crippen molar-refractivity contribution in [1.29, 1.82) is 0 Å². The molecule has 0 unspecified atom stereocenters. The summed E-state index contributed by atoms with van der Waals surface area (Å²) in [4.78, 5) is 2.45. The summed E-state index contributed by atoms with van der Waals surface area (Å²) in [6.07, 6.45) is 0.646. The van der Waals surface area contributed by atoms with E-state index in [2.05, 4.69) is 43.0 Å². The first-order chi connectivity index (χ1) is 8.19. The zero-order valence-electron chi connectivity index (χ0n) is 11.5. The molecule has 19 heavy (non-hydrogen) atoms. The molecule has 2 rings (SSSR count). The zero-order chi connectivity index (χ0) is 12.3. The zero-order valence-corrected chi connectivity index (χ0v) is 13.2. The van der Waals surface area contributed by atoms with Crippen molar-refractivity contribution in [3.05, 3.63) is 35.4 Å². The second-order valence-corrected chi connectivity index (χ2v) is 4.92. The van der Waals surface area contributed by atoms with E-state index in [9.17, 15) is 0 Å². The van der Waals surface area contributed by atoms with Crippen LogP contribution in [0.5, 0.6) is 0 Å². The summed E-state index contributed by atoms with van der Waals surface area (Å²) in [6.45, 7) is 7.87. The highest BCUT2D eigenvalue weighted by molar-refractivity contribution is 5.85. The molecule has 1 heterocycles. The van der Waals surface area contributed by atoms with Crippen LogP contribution in [0, 0.1) is 0 Å². The van der Waals surface area contributed by atoms with Crippen LogP contribution >= 0.6 is 24.8 Å². The molecule has 0 radical (unpaired) electrons. The highest BCUT2D eigenvalue weighted by atomic mass is 35.5. The first-order valence-corrected chi connectivity index (χ1v) is 6.33. The number of rotatable bonds is 3. The molecule has 2 N–H and O–H groups in total. The van der Waals surface area contributed by atoms with Gasteiger partial charge in [0.2, 0.25) is 0 Å². The van der Waals surface area contributed by atoms with Gasteiger partial charge in [0.25, 0.3) is 0 Å². The van der Waals surface area contributed by atoms with Gasteiger partial charge in [-0.3, -0.25) is 4.90 Å². The Balaban J connectivity index is 0.00000162. The fourth-order valence-corrected chi connectivity index (χ4v) is 2.57. The van der Waals surface area contributed by atoms with E-state index in [0.29, 0.717) is 18.8 Å². The minimum atomic E-state index is 0. The summed E-state index contributed by atoms with van der Waals surface area (Å²) < 4.78 is 5.74. The summed E-state index contributed by atoms with van der Waals surface area (Å²) in [6, 6.07) is 8.42. The Morgan fingerprint density at radius 3 is 2.16 bits per heavy atom. The summed E-state index contributed by atoms with van der Waals surface area (Å²) in [5.41, 5.74) is 8.36. The molecule has 3 nitrogen and oxygen atoms in total. The van der Waals surface area contributed by atoms with Gasteiger partial charge in [-0.05, 0) is 25.0 Å². The third kappa shape index (κ3) is 5.28. The third-order valence-corrected chi connectivity index (χ3v) is 3.23. The largest absolute Gasteiger partial charge is 0.373 e. The van der Waals surface area contributed by atoms with Crippen molar-refractivity contribution in [2.75, 3.05) is 13.1 Å². The maximum absolute atomic E-state index is 5.77. The van der Waals surface area contributed by atoms with Crippen molar-refractivity contribution in [3.8, 4) is 0 Å². The number of halogens is 2. The third-order valence-electron chi connectivity index (χ3n) is 3.23. The van der Waals surface area contributed by atoms with Crippen LogP contribution in [0.2, 0.25) is 0 Å². The molecular formula is C14H24Cl2N2O. The Morgan fingerprint density at radius 1 is 1.11 bits per heavy atom. The average Bonchev–Trinajstić information content (AvgIpc) is 2.28. The molecule has 0 bridgehead atoms. The second kappa shape index (κ2) is 8.77. The van der Waals surface area contributed by atoms with E-state index in [-0.39, 0.29) is 24.8 Å². The normalized spacial score (nSPS) is 23.3. The van der Waals surface area contributed by atoms with Crippen molar-refractivity contribution in [2.45, 2.75) is 39.1 Å². The molecule has 1 aromatic rings. The van der Waals surface area contributed by atoms with Crippen LogP contribution in [0.1, 0.15) is 25.0 Å². The standard InChI is InChI=1S/C14H22N2O.2ClH/c1-11-8-16(9-12(2)17-11)10-14-6-4-3-5-13(14)7-15;;/h3-6,11-12H,7-10,15H2,1-2H3;2*1H/t11-,12+;;. The SMILES string of the molecule is C[C@@H]1CN(Cc2ccccc2CN)C[C@H](C)O1.Cl.Cl. The number of hydrogen-bond donors (Lipinski definition) is 1. The lowest BCUT2D eigenvalue weighted by molar-refractivity contribution is -0.0705. The van der Waals surface area contributed by atoms with Crippen molar-refractivity contribution >= 4 is 24.8 Å². The number of nitrogens with two attached hydrogens (primary N) is 1. The summed E-state index contributed by atoms with van der Waals surface area (Å²) in [5, 5.41) is 0. The van der Waals surface area contributed by atoms with E-state index in [1.54, 1.807) is 0 Å². The van der Waals surface area contributed by atoms with Gasteiger partial charge in [-0.15, -0.1) is 24.8 Å². The Labute approximate surface area is 128 Å². The molecule has 1 aliphatic heterocycles. The number of morpholine rings is 1. The van der Waals surface area contributed by atoms with Crippen molar-refractivity contribution < 1.29 is 4.74 Å². The molecule has 0 spiro atoms. The molecule has 1 aromatic carbocycles. The predicted molar refractivity (Wildman–Crippen MR) is 84.1 cm³/mol. The van der Waals surface area contributed by atoms with Gasteiger partial charge in [0, 0.05) is 26.2 Å². The van der Waals surface area contributed by atoms with Crippen molar-refractivity contribution in [1.82, 2.24) is 4.90 Å². The quantitative estimate of drug-likeness (QED) is 0.933. The number of ether oxygens (including phenoxy) is 1. The first kappa shape index (κ1) is 18.7. The smallest absolute Gasteiger partial charge is 0.0678 e. The van der Waals surface area contributed by atoms with E-state index >= 15 is 0 Å². The Kier molecular flexibility index (Phi) is 8.62. The van der Waals surface area contributed by atoms with Gasteiger partial charge in [-0.2, -0.15) is 0 Å². The van der Waals surface area contributed by atoms with Crippen LogP contribution in [0.25, 0.3) is 0 Å². The molecule has 0 aliphatic carbocycles. The molecule has 0 aromatic heterocycles. The highest BCUT2D eigenvalue weighted by Gasteiger charge is 2.22. The van der Waals surface area contributed by atoms with Gasteiger partial charge in [0.1, 0.15) is 0 Å². The number of benzene rings is 1. The minimum Gasteiger partial charge on any atom is -0.373 e. The second-order valence-electron chi connectivity index (χ2n) is 4.92. The van der Waals surface area contributed by atoms with Crippen LogP contribution in [-0.2, 0) is 17.8 Å². The topological polar surface area (TPSA) is 38.5 Å². The monoisotopic (exact) mass is 306 g/mol. The molecule has 110 valence electrons. The van der Waals surface area contributed by atoms with Crippen LogP contribution in [0.3, 0.4) is 0 Å². The van der Waals surface area contributed by atoms with E-state index in [0.717, 1.165) is 19.6 Å². The Morgan fingerprint density at radius 2 is 1.63 bits per heavy atom. The fourth-order valence-electron chi connectivity index (χ4n) is 2.57. The molecule has 2 atom stereocenters. The molecule has 1 fully saturated rings. The van der Waals surface area contributed by atoms with E-state index in [1.165, 1.54) is 11.1 Å². The van der Waals surface area contributed by atoms with Crippen LogP contribution in [0.4, 0.5) is 0 Å². The van der Waals surface area contributed by atoms with Gasteiger partial charge in [0.05, 0.1) is 12.2 Å². The van der Waals surface area contributed by atoms with Gasteiger partial charge in [-0.25, -0.2) is 0 Å². The van der Waals surface area contributed by atoms with Gasteiger partial charge >= 0.3 is 0 Å². The molecule has 0 amide bonds. The molecule has 1 aliphatic rings. The lowest BCUT2D eigenvalue weighted by atomic mass is 10.1. The fraction of sp³-hybridized carbons (Fsp3) is 0.571. The predicted octanol–water partition coefficient (Wildman–Crippen LogP) is 2.60. The number of nitrogens with zero attached hydrogens (tertiary/aromatic N) is 1. The molecular weight excluding hydrogens is 283 g/mol. The lowest BCUT2D eigenvalue weighted by Gasteiger charge is -2.35. The summed E-state index contributed by atoms with van der Waals surface area (Å²) in [5.74, 6) is 0. The van der Waals surface area contributed by atoms with E-state index in [1.807, 2.05) is 0 Å². The van der Waals surface area contributed by atoms with Crippen molar-refractivity contribution in [3.63, 3.8) is 0 Å². The van der Waals surface area contributed by atoms with Crippen LogP contribution in [-0.4, -0.2) is 30.2 Å². The molecule has 0 saturated carbocycles. The van der Waals surface area contributed by atoms with Gasteiger partial charge in [0.15, 0.2) is 0 Å². The molecule has 5 heteroatoms. The molecule has 1 saturated heterocycles. The lowest BCUT2D eigenvalue weighted by Crippen LogP contribution is -2.44. The number of hydrogen-bond acceptors (Lipinski definition) is 3. The van der Waals surface area contributed by atoms with Crippen LogP contribution < -0.4 is 5.73 Å². The summed E-state index contributed by atoms with van der Waals surface area (Å²) >= 11 is 0. The average molecular weight is 307 g/mol. The van der Waals surface area contributed by atoms with Gasteiger partial charge in [-0.1, -0.05) is 24.3 Å². The Hall–Kier alpha value is -0.320. The van der Waals surface area contributed by atoms with E-state index < -0.39 is 0 Å².